The number of primary amides is 1. The summed E-state index contributed by atoms with van der Waals surface area (Å²) < 4.78 is 0. The van der Waals surface area contributed by atoms with Crippen molar-refractivity contribution in [2.24, 2.45) is 5.73 Å². The average molecular weight is 358 g/mol. The maximum atomic E-state index is 13.0. The summed E-state index contributed by atoms with van der Waals surface area (Å²) in [5, 5.41) is 15.2. The Morgan fingerprint density at radius 1 is 1.20 bits per heavy atom. The largest absolute Gasteiger partial charge is 0.507 e. The lowest BCUT2D eigenvalue weighted by Gasteiger charge is -2.25. The van der Waals surface area contributed by atoms with Gasteiger partial charge in [-0.1, -0.05) is 31.4 Å². The maximum Gasteiger partial charge on any atom is 0.252 e. The molecule has 1 unspecified atom stereocenters. The first-order chi connectivity index (χ1) is 12.1. The highest BCUT2D eigenvalue weighted by Crippen LogP contribution is 2.32. The molecule has 1 aliphatic rings. The Bertz CT molecular complexity index is 752. The normalized spacial score (nSPS) is 16.3. The molecule has 1 aromatic carbocycles. The second kappa shape index (κ2) is 7.70. The van der Waals surface area contributed by atoms with E-state index < -0.39 is 11.8 Å². The first kappa shape index (κ1) is 17.5. The van der Waals surface area contributed by atoms with Crippen molar-refractivity contribution in [1.29, 1.82) is 0 Å². The van der Waals surface area contributed by atoms with Gasteiger partial charge in [0, 0.05) is 10.9 Å². The van der Waals surface area contributed by atoms with Gasteiger partial charge in [0.2, 0.25) is 5.91 Å². The van der Waals surface area contributed by atoms with E-state index in [1.54, 1.807) is 6.07 Å². The van der Waals surface area contributed by atoms with Gasteiger partial charge in [-0.05, 0) is 42.0 Å². The van der Waals surface area contributed by atoms with Crippen LogP contribution in [0.4, 0.5) is 0 Å². The van der Waals surface area contributed by atoms with Gasteiger partial charge >= 0.3 is 0 Å². The van der Waals surface area contributed by atoms with Crippen molar-refractivity contribution in [2.45, 2.75) is 44.1 Å². The highest BCUT2D eigenvalue weighted by atomic mass is 32.1. The third-order valence-corrected chi connectivity index (χ3v) is 5.60. The first-order valence-electron chi connectivity index (χ1n) is 8.52. The molecule has 5 nitrogen and oxygen atoms in total. The van der Waals surface area contributed by atoms with Crippen molar-refractivity contribution in [3.63, 3.8) is 0 Å². The van der Waals surface area contributed by atoms with Crippen molar-refractivity contribution in [3.8, 4) is 5.75 Å². The second-order valence-corrected chi connectivity index (χ2v) is 7.41. The first-order valence-corrected chi connectivity index (χ1v) is 9.40. The van der Waals surface area contributed by atoms with Crippen LogP contribution in [0.2, 0.25) is 0 Å². The van der Waals surface area contributed by atoms with Crippen LogP contribution in [-0.4, -0.2) is 23.0 Å². The van der Waals surface area contributed by atoms with E-state index in [0.717, 1.165) is 30.6 Å². The van der Waals surface area contributed by atoms with Crippen LogP contribution in [-0.2, 0) is 4.79 Å². The standard InChI is InChI=1S/C19H22N2O3S/c20-18(23)14-9-8-12(11-15(14)22)17(16-7-4-10-25-16)19(24)21-13-5-2-1-3-6-13/h4,7-11,13,17,22H,1-3,5-6H2,(H2,20,23)(H,21,24). The number of carbonyl (C=O) groups is 2. The van der Waals surface area contributed by atoms with Crippen molar-refractivity contribution in [3.05, 3.63) is 51.7 Å². The average Bonchev–Trinajstić information content (AvgIpc) is 3.10. The summed E-state index contributed by atoms with van der Waals surface area (Å²) in [4.78, 5) is 25.2. The molecule has 1 atom stereocenters. The number of thiophene rings is 1. The van der Waals surface area contributed by atoms with Gasteiger partial charge in [0.05, 0.1) is 11.5 Å². The van der Waals surface area contributed by atoms with Crippen LogP contribution < -0.4 is 11.1 Å². The summed E-state index contributed by atoms with van der Waals surface area (Å²) >= 11 is 1.50. The van der Waals surface area contributed by atoms with E-state index in [1.165, 1.54) is 29.9 Å². The maximum absolute atomic E-state index is 13.0. The Balaban J connectivity index is 1.88. The molecule has 1 saturated carbocycles. The molecule has 0 aliphatic heterocycles. The Hall–Kier alpha value is -2.34. The fourth-order valence-corrected chi connectivity index (χ4v) is 4.22. The van der Waals surface area contributed by atoms with Gasteiger partial charge in [0.1, 0.15) is 5.75 Å². The molecule has 3 rings (SSSR count). The summed E-state index contributed by atoms with van der Waals surface area (Å²) in [7, 11) is 0. The highest BCUT2D eigenvalue weighted by molar-refractivity contribution is 7.10. The van der Waals surface area contributed by atoms with E-state index in [0.29, 0.717) is 5.56 Å². The van der Waals surface area contributed by atoms with E-state index >= 15 is 0 Å². The molecule has 0 spiro atoms. The van der Waals surface area contributed by atoms with Crippen molar-refractivity contribution in [2.75, 3.05) is 0 Å². The van der Waals surface area contributed by atoms with E-state index in [9.17, 15) is 14.7 Å². The molecule has 4 N–H and O–H groups in total. The fraction of sp³-hybridized carbons (Fsp3) is 0.368. The number of hydrogen-bond acceptors (Lipinski definition) is 4. The molecule has 1 aliphatic carbocycles. The third kappa shape index (κ3) is 4.02. The third-order valence-electron chi connectivity index (χ3n) is 4.66. The topological polar surface area (TPSA) is 92.4 Å². The predicted octanol–water partition coefficient (Wildman–Crippen LogP) is 3.13. The minimum atomic E-state index is -0.691. The molecule has 6 heteroatoms. The SMILES string of the molecule is NC(=O)c1ccc(C(C(=O)NC2CCCCC2)c2cccs2)cc1O. The van der Waals surface area contributed by atoms with Gasteiger partial charge < -0.3 is 16.2 Å². The number of nitrogens with two attached hydrogens (primary N) is 1. The molecule has 2 aromatic rings. The lowest BCUT2D eigenvalue weighted by molar-refractivity contribution is -0.122. The minimum absolute atomic E-state index is 0.0568. The number of phenols is 1. The second-order valence-electron chi connectivity index (χ2n) is 6.43. The zero-order valence-electron chi connectivity index (χ0n) is 13.9. The molecular weight excluding hydrogens is 336 g/mol. The Labute approximate surface area is 150 Å². The Morgan fingerprint density at radius 2 is 1.96 bits per heavy atom. The van der Waals surface area contributed by atoms with Crippen molar-refractivity contribution < 1.29 is 14.7 Å². The zero-order valence-corrected chi connectivity index (χ0v) is 14.7. The van der Waals surface area contributed by atoms with Gasteiger partial charge in [-0.15, -0.1) is 11.3 Å². The van der Waals surface area contributed by atoms with E-state index in [4.69, 9.17) is 5.73 Å². The molecule has 0 saturated heterocycles. The number of hydrogen-bond donors (Lipinski definition) is 3. The molecule has 0 bridgehead atoms. The Morgan fingerprint density at radius 3 is 2.56 bits per heavy atom. The highest BCUT2D eigenvalue weighted by Gasteiger charge is 2.27. The Kier molecular flexibility index (Phi) is 5.38. The van der Waals surface area contributed by atoms with Crippen molar-refractivity contribution in [1.82, 2.24) is 5.32 Å². The molecule has 1 aromatic heterocycles. The van der Waals surface area contributed by atoms with E-state index in [1.807, 2.05) is 17.5 Å². The summed E-state index contributed by atoms with van der Waals surface area (Å²) in [6.07, 6.45) is 5.53. The van der Waals surface area contributed by atoms with Crippen molar-refractivity contribution >= 4 is 23.2 Å². The van der Waals surface area contributed by atoms with Crippen LogP contribution in [0, 0.1) is 0 Å². The number of aromatic hydroxyl groups is 1. The zero-order chi connectivity index (χ0) is 17.8. The summed E-state index contributed by atoms with van der Waals surface area (Å²) in [6, 6.07) is 8.65. The monoisotopic (exact) mass is 358 g/mol. The number of carbonyl (C=O) groups excluding carboxylic acids is 2. The van der Waals surface area contributed by atoms with Crippen LogP contribution >= 0.6 is 11.3 Å². The number of rotatable bonds is 5. The summed E-state index contributed by atoms with van der Waals surface area (Å²) in [6.45, 7) is 0. The van der Waals surface area contributed by atoms with E-state index in [-0.39, 0.29) is 23.3 Å². The number of benzene rings is 1. The number of nitrogens with one attached hydrogen (secondary N) is 1. The molecule has 25 heavy (non-hydrogen) atoms. The van der Waals surface area contributed by atoms with Crippen LogP contribution in [0.25, 0.3) is 0 Å². The lowest BCUT2D eigenvalue weighted by atomic mass is 9.92. The van der Waals surface area contributed by atoms with Gasteiger partial charge in [0.15, 0.2) is 0 Å². The van der Waals surface area contributed by atoms with Crippen LogP contribution in [0.3, 0.4) is 0 Å². The van der Waals surface area contributed by atoms with E-state index in [2.05, 4.69) is 5.32 Å². The molecule has 132 valence electrons. The van der Waals surface area contributed by atoms with Crippen LogP contribution in [0.15, 0.2) is 35.7 Å². The van der Waals surface area contributed by atoms with Crippen LogP contribution in [0.5, 0.6) is 5.75 Å². The molecule has 2 amide bonds. The molecule has 0 radical (unpaired) electrons. The fourth-order valence-electron chi connectivity index (χ4n) is 3.37. The van der Waals surface area contributed by atoms with Gasteiger partial charge in [-0.3, -0.25) is 9.59 Å². The van der Waals surface area contributed by atoms with Crippen LogP contribution in [0.1, 0.15) is 58.8 Å². The van der Waals surface area contributed by atoms with Gasteiger partial charge in [-0.2, -0.15) is 0 Å². The lowest BCUT2D eigenvalue weighted by Crippen LogP contribution is -2.39. The summed E-state index contributed by atoms with van der Waals surface area (Å²) in [5.41, 5.74) is 5.95. The van der Waals surface area contributed by atoms with Gasteiger partial charge in [-0.25, -0.2) is 0 Å². The minimum Gasteiger partial charge on any atom is -0.507 e. The molecular formula is C19H22N2O3S. The summed E-state index contributed by atoms with van der Waals surface area (Å²) in [5.74, 6) is -1.46. The predicted molar refractivity (Wildman–Crippen MR) is 97.8 cm³/mol. The quantitative estimate of drug-likeness (QED) is 0.767. The number of amides is 2. The molecule has 1 heterocycles. The molecule has 1 fully saturated rings. The van der Waals surface area contributed by atoms with Gasteiger partial charge in [0.25, 0.3) is 5.91 Å². The smallest absolute Gasteiger partial charge is 0.252 e.